The molecule has 1 saturated heterocycles. The summed E-state index contributed by atoms with van der Waals surface area (Å²) in [5.74, 6) is -1.51. The monoisotopic (exact) mass is 569 g/mol. The van der Waals surface area contributed by atoms with Crippen LogP contribution in [0.4, 0.5) is 9.52 Å². The molecule has 2 aliphatic heterocycles. The van der Waals surface area contributed by atoms with E-state index in [-0.39, 0.29) is 41.2 Å². The topological polar surface area (TPSA) is 145 Å². The molecule has 1 fully saturated rings. The summed E-state index contributed by atoms with van der Waals surface area (Å²) in [6, 6.07) is 6.91. The number of β-lactam (4-membered cyclic amide) rings is 1. The van der Waals surface area contributed by atoms with Gasteiger partial charge in [0.2, 0.25) is 5.91 Å². The predicted octanol–water partition coefficient (Wildman–Crippen LogP) is 2.47. The van der Waals surface area contributed by atoms with Gasteiger partial charge in [-0.15, -0.1) is 22.9 Å². The Hall–Kier alpha value is -3.36. The maximum Gasteiger partial charge on any atom is 0.355 e. The van der Waals surface area contributed by atoms with E-state index in [1.165, 1.54) is 12.0 Å². The number of nitrogens with one attached hydrogen (secondary N) is 1. The Labute approximate surface area is 223 Å². The fourth-order valence-electron chi connectivity index (χ4n) is 3.81. The lowest BCUT2D eigenvalue weighted by molar-refractivity contribution is -0.150. The van der Waals surface area contributed by atoms with Crippen molar-refractivity contribution in [2.75, 3.05) is 25.6 Å². The van der Waals surface area contributed by atoms with Gasteiger partial charge in [0, 0.05) is 16.8 Å². The number of hydrogen-bond donors (Lipinski definition) is 2. The molecular formula is C22H21ClFN5O6S2. The minimum absolute atomic E-state index is 0.0853. The molecule has 3 heterocycles. The van der Waals surface area contributed by atoms with Crippen LogP contribution >= 0.6 is 34.7 Å². The summed E-state index contributed by atoms with van der Waals surface area (Å²) in [6.07, 6.45) is 0.842. The number of anilines is 1. The normalized spacial score (nSPS) is 20.9. The highest BCUT2D eigenvalue weighted by molar-refractivity contribution is 8.01. The van der Waals surface area contributed by atoms with Gasteiger partial charge < -0.3 is 25.4 Å². The Morgan fingerprint density at radius 1 is 1.41 bits per heavy atom. The van der Waals surface area contributed by atoms with Crippen molar-refractivity contribution in [3.8, 4) is 5.75 Å². The van der Waals surface area contributed by atoms with Crippen LogP contribution in [0.5, 0.6) is 5.75 Å². The maximum absolute atomic E-state index is 13.4. The summed E-state index contributed by atoms with van der Waals surface area (Å²) >= 11 is 8.64. The number of halogens is 2. The van der Waals surface area contributed by atoms with Gasteiger partial charge in [-0.05, 0) is 17.7 Å². The second-order valence-corrected chi connectivity index (χ2v) is 10.2. The molecule has 37 heavy (non-hydrogen) atoms. The van der Waals surface area contributed by atoms with Crippen molar-refractivity contribution in [1.29, 1.82) is 0 Å². The van der Waals surface area contributed by atoms with E-state index in [0.717, 1.165) is 29.3 Å². The Kier molecular flexibility index (Phi) is 8.19. The molecule has 0 radical (unpaired) electrons. The molecule has 0 spiro atoms. The van der Waals surface area contributed by atoms with Gasteiger partial charge in [-0.1, -0.05) is 29.1 Å². The second kappa shape index (κ2) is 11.4. The van der Waals surface area contributed by atoms with Crippen molar-refractivity contribution in [3.63, 3.8) is 0 Å². The second-order valence-electron chi connectivity index (χ2n) is 7.64. The molecule has 2 atom stereocenters. The van der Waals surface area contributed by atoms with Gasteiger partial charge in [0.1, 0.15) is 24.3 Å². The average molecular weight is 570 g/mol. The summed E-state index contributed by atoms with van der Waals surface area (Å²) < 4.78 is 22.9. The van der Waals surface area contributed by atoms with Crippen LogP contribution in [0, 0.1) is 0 Å². The summed E-state index contributed by atoms with van der Waals surface area (Å²) in [5, 5.41) is 7.30. The van der Waals surface area contributed by atoms with Gasteiger partial charge in [-0.25, -0.2) is 14.2 Å². The number of nitrogen functional groups attached to an aromatic ring is 1. The number of thiazole rings is 1. The van der Waals surface area contributed by atoms with Gasteiger partial charge in [-0.3, -0.25) is 14.5 Å². The number of fused-ring (bicyclic) bond motifs is 1. The number of thioether (sulfide) groups is 1. The van der Waals surface area contributed by atoms with E-state index in [0.29, 0.717) is 17.0 Å². The van der Waals surface area contributed by atoms with Crippen molar-refractivity contribution < 1.29 is 33.1 Å². The van der Waals surface area contributed by atoms with Crippen LogP contribution in [0.1, 0.15) is 17.7 Å². The first-order valence-electron chi connectivity index (χ1n) is 10.7. The van der Waals surface area contributed by atoms with Gasteiger partial charge in [0.15, 0.2) is 10.0 Å². The zero-order chi connectivity index (χ0) is 26.6. The van der Waals surface area contributed by atoms with Crippen molar-refractivity contribution in [2.24, 2.45) is 5.16 Å². The lowest BCUT2D eigenvalue weighted by Crippen LogP contribution is -2.61. The molecule has 2 amide bonds. The molecule has 1 aromatic carbocycles. The number of nitrogens with two attached hydrogens (primary N) is 1. The standard InChI is InChI=1S/C22H21ClFN5O6S2/c1-33-13-4-2-12(3-5-13)9-34-20(32)19-14(7-23)22(15-10-36-21(25)27-15,28-16(30)8-26-35-11-24)37-18-6-17(31)29(18)19/h2-5,8,10,18H,6-7,9,11H2,1H3,(H2,25,27)(H,28,30)/b26-8-/t18-,22?/m1/s1. The molecule has 0 saturated carbocycles. The highest BCUT2D eigenvalue weighted by atomic mass is 35.5. The largest absolute Gasteiger partial charge is 0.497 e. The van der Waals surface area contributed by atoms with Crippen molar-refractivity contribution >= 4 is 63.8 Å². The van der Waals surface area contributed by atoms with E-state index in [9.17, 15) is 18.8 Å². The molecule has 11 nitrogen and oxygen atoms in total. The van der Waals surface area contributed by atoms with Crippen molar-refractivity contribution in [1.82, 2.24) is 15.2 Å². The lowest BCUT2D eigenvalue weighted by atomic mass is 9.98. The first-order valence-corrected chi connectivity index (χ1v) is 13.0. The highest BCUT2D eigenvalue weighted by Gasteiger charge is 2.57. The SMILES string of the molecule is COc1ccc(COC(=O)C2=C(CCl)C(NC(=O)/C=N\OCF)(c3csc(N)n3)S[C@@H]3CC(=O)N23)cc1. The summed E-state index contributed by atoms with van der Waals surface area (Å²) in [6.45, 7) is -1.31. The van der Waals surface area contributed by atoms with Gasteiger partial charge in [0.25, 0.3) is 12.8 Å². The van der Waals surface area contributed by atoms with E-state index in [2.05, 4.69) is 20.3 Å². The van der Waals surface area contributed by atoms with E-state index in [4.69, 9.17) is 26.8 Å². The number of esters is 1. The van der Waals surface area contributed by atoms with E-state index in [1.807, 2.05) is 0 Å². The molecule has 2 aromatic rings. The summed E-state index contributed by atoms with van der Waals surface area (Å²) in [7, 11) is 1.54. The first kappa shape index (κ1) is 26.7. The Bertz CT molecular complexity index is 1260. The molecular weight excluding hydrogens is 549 g/mol. The van der Waals surface area contributed by atoms with Crippen molar-refractivity contribution in [3.05, 3.63) is 52.2 Å². The third kappa shape index (κ3) is 5.36. The zero-order valence-corrected chi connectivity index (χ0v) is 21.7. The fourth-order valence-corrected chi connectivity index (χ4v) is 6.56. The molecule has 15 heteroatoms. The van der Waals surface area contributed by atoms with E-state index >= 15 is 0 Å². The molecule has 196 valence electrons. The van der Waals surface area contributed by atoms with Crippen LogP contribution in [-0.4, -0.2) is 59.1 Å². The van der Waals surface area contributed by atoms with Crippen LogP contribution in [0.15, 0.2) is 46.1 Å². The smallest absolute Gasteiger partial charge is 0.355 e. The quantitative estimate of drug-likeness (QED) is 0.145. The number of ether oxygens (including phenoxy) is 2. The van der Waals surface area contributed by atoms with Crippen LogP contribution < -0.4 is 15.8 Å². The number of carbonyl (C=O) groups excluding carboxylic acids is 3. The van der Waals surface area contributed by atoms with Gasteiger partial charge in [0.05, 0.1) is 24.6 Å². The van der Waals surface area contributed by atoms with Crippen LogP contribution in [-0.2, 0) is 35.4 Å². The Balaban J connectivity index is 1.73. The molecule has 3 N–H and O–H groups in total. The number of methoxy groups -OCH3 is 1. The number of hydrogen-bond acceptors (Lipinski definition) is 11. The van der Waals surface area contributed by atoms with E-state index in [1.54, 1.807) is 29.6 Å². The lowest BCUT2D eigenvalue weighted by Gasteiger charge is -2.51. The zero-order valence-electron chi connectivity index (χ0n) is 19.3. The van der Waals surface area contributed by atoms with Crippen molar-refractivity contribution in [2.45, 2.75) is 23.3 Å². The number of oxime groups is 1. The minimum atomic E-state index is -1.50. The van der Waals surface area contributed by atoms with Gasteiger partial charge in [-0.2, -0.15) is 0 Å². The molecule has 4 rings (SSSR count). The highest BCUT2D eigenvalue weighted by Crippen LogP contribution is 2.54. The number of amides is 2. The summed E-state index contributed by atoms with van der Waals surface area (Å²) in [5.41, 5.74) is 6.93. The summed E-state index contributed by atoms with van der Waals surface area (Å²) in [4.78, 5) is 47.1. The third-order valence-corrected chi connectivity index (χ3v) is 8.00. The van der Waals surface area contributed by atoms with Crippen LogP contribution in [0.25, 0.3) is 0 Å². The molecule has 0 bridgehead atoms. The number of alkyl halides is 2. The molecule has 0 aliphatic carbocycles. The molecule has 2 aliphatic rings. The number of carbonyl (C=O) groups is 3. The van der Waals surface area contributed by atoms with Crippen LogP contribution in [0.2, 0.25) is 0 Å². The number of nitrogens with zero attached hydrogens (tertiary/aromatic N) is 3. The van der Waals surface area contributed by atoms with E-state index < -0.39 is 29.0 Å². The first-order chi connectivity index (χ1) is 17.8. The number of benzene rings is 1. The van der Waals surface area contributed by atoms with Crippen LogP contribution in [0.3, 0.4) is 0 Å². The Morgan fingerprint density at radius 3 is 2.76 bits per heavy atom. The maximum atomic E-state index is 13.4. The minimum Gasteiger partial charge on any atom is -0.497 e. The molecule has 1 aromatic heterocycles. The average Bonchev–Trinajstić information content (AvgIpc) is 3.33. The number of rotatable bonds is 10. The molecule has 1 unspecified atom stereocenters. The van der Waals surface area contributed by atoms with Gasteiger partial charge >= 0.3 is 5.97 Å². The fraction of sp³-hybridized carbons (Fsp3) is 0.318. The number of aromatic nitrogens is 1. The predicted molar refractivity (Wildman–Crippen MR) is 135 cm³/mol. The third-order valence-electron chi connectivity index (χ3n) is 5.50. The Morgan fingerprint density at radius 2 is 2.16 bits per heavy atom.